The number of benzene rings is 2. The van der Waals surface area contributed by atoms with E-state index in [-0.39, 0.29) is 36.7 Å². The molecule has 206 valence electrons. The highest BCUT2D eigenvalue weighted by Gasteiger charge is 2.29. The predicted octanol–water partition coefficient (Wildman–Crippen LogP) is 4.36. The zero-order chi connectivity index (χ0) is 27.5. The molecule has 0 aromatic heterocycles. The van der Waals surface area contributed by atoms with Crippen LogP contribution >= 0.6 is 0 Å². The lowest BCUT2D eigenvalue weighted by Crippen LogP contribution is -2.53. The van der Waals surface area contributed by atoms with Gasteiger partial charge in [-0.2, -0.15) is 0 Å². The molecule has 8 nitrogen and oxygen atoms in total. The maximum absolute atomic E-state index is 13.4. The van der Waals surface area contributed by atoms with Gasteiger partial charge in [0.25, 0.3) is 0 Å². The van der Waals surface area contributed by atoms with Crippen molar-refractivity contribution in [2.24, 2.45) is 11.8 Å². The molecule has 3 N–H and O–H groups in total. The molecule has 0 radical (unpaired) electrons. The minimum absolute atomic E-state index is 0.0265. The number of fused-ring (bicyclic) bond motifs is 1. The summed E-state index contributed by atoms with van der Waals surface area (Å²) in [7, 11) is 0. The second-order valence-electron chi connectivity index (χ2n) is 10.8. The molecule has 0 saturated heterocycles. The van der Waals surface area contributed by atoms with Crippen LogP contribution in [0.2, 0.25) is 0 Å². The average molecular weight is 523 g/mol. The Balaban J connectivity index is 1.62. The standard InChI is InChI=1S/C30H42N4O4/c1-21(2)16-26(28(35)19-34-15-14-31-25-13-9-8-12-24(25)18-34)32-29(36)27(17-22(3)4)33-30(37)38-20-23-10-6-5-7-11-23/h5-13,21-22,26-27,31H,14-20H2,1-4H3,(H,32,36)(H,33,37)/t26-,27-/m0/s1. The van der Waals surface area contributed by atoms with Gasteiger partial charge in [-0.15, -0.1) is 0 Å². The lowest BCUT2D eigenvalue weighted by molar-refractivity contribution is -0.130. The van der Waals surface area contributed by atoms with Gasteiger partial charge in [0, 0.05) is 25.3 Å². The molecule has 38 heavy (non-hydrogen) atoms. The topological polar surface area (TPSA) is 99.8 Å². The molecule has 3 rings (SSSR count). The monoisotopic (exact) mass is 522 g/mol. The highest BCUT2D eigenvalue weighted by molar-refractivity contribution is 5.93. The van der Waals surface area contributed by atoms with E-state index in [1.165, 1.54) is 0 Å². The fourth-order valence-electron chi connectivity index (χ4n) is 4.59. The van der Waals surface area contributed by atoms with Crippen LogP contribution in [-0.2, 0) is 27.5 Å². The number of anilines is 1. The Morgan fingerprint density at radius 2 is 1.55 bits per heavy atom. The smallest absolute Gasteiger partial charge is 0.408 e. The number of ketones is 1. The van der Waals surface area contributed by atoms with Crippen LogP contribution in [0.25, 0.3) is 0 Å². The number of rotatable bonds is 12. The summed E-state index contributed by atoms with van der Waals surface area (Å²) < 4.78 is 5.34. The summed E-state index contributed by atoms with van der Waals surface area (Å²) in [6, 6.07) is 16.1. The van der Waals surface area contributed by atoms with Crippen molar-refractivity contribution in [2.45, 2.75) is 65.8 Å². The number of carbonyl (C=O) groups is 3. The Morgan fingerprint density at radius 1 is 0.895 bits per heavy atom. The van der Waals surface area contributed by atoms with Gasteiger partial charge in [-0.05, 0) is 41.9 Å². The Labute approximate surface area is 226 Å². The lowest BCUT2D eigenvalue weighted by Gasteiger charge is -2.27. The van der Waals surface area contributed by atoms with Crippen LogP contribution in [0.1, 0.15) is 51.7 Å². The van der Waals surface area contributed by atoms with Gasteiger partial charge in [-0.1, -0.05) is 76.2 Å². The zero-order valence-corrected chi connectivity index (χ0v) is 23.0. The summed E-state index contributed by atoms with van der Waals surface area (Å²) in [6.07, 6.45) is 0.306. The third-order valence-corrected chi connectivity index (χ3v) is 6.47. The molecule has 2 amide bonds. The van der Waals surface area contributed by atoms with Crippen molar-refractivity contribution in [2.75, 3.05) is 25.0 Å². The highest BCUT2D eigenvalue weighted by atomic mass is 16.5. The van der Waals surface area contributed by atoms with Crippen LogP contribution < -0.4 is 16.0 Å². The lowest BCUT2D eigenvalue weighted by atomic mass is 9.98. The number of nitrogens with one attached hydrogen (secondary N) is 3. The highest BCUT2D eigenvalue weighted by Crippen LogP contribution is 2.20. The molecule has 0 spiro atoms. The van der Waals surface area contributed by atoms with E-state index in [2.05, 4.69) is 33.0 Å². The Hall–Kier alpha value is -3.39. The number of hydrogen-bond acceptors (Lipinski definition) is 6. The molecule has 2 aromatic carbocycles. The summed E-state index contributed by atoms with van der Waals surface area (Å²) in [5.41, 5.74) is 3.11. The van der Waals surface area contributed by atoms with Crippen molar-refractivity contribution in [3.8, 4) is 0 Å². The summed E-state index contributed by atoms with van der Waals surface area (Å²) in [5.74, 6) is -0.0224. The second kappa shape index (κ2) is 14.5. The van der Waals surface area contributed by atoms with Gasteiger partial charge >= 0.3 is 6.09 Å². The average Bonchev–Trinajstić information content (AvgIpc) is 3.08. The van der Waals surface area contributed by atoms with Gasteiger partial charge in [0.15, 0.2) is 5.78 Å². The van der Waals surface area contributed by atoms with Gasteiger partial charge in [-0.3, -0.25) is 14.5 Å². The molecule has 0 bridgehead atoms. The number of Topliss-reactive ketones (excluding diaryl/α,β-unsaturated/α-hetero) is 1. The number of carbonyl (C=O) groups excluding carboxylic acids is 3. The quantitative estimate of drug-likeness (QED) is 0.383. The number of para-hydroxylation sites is 1. The molecule has 0 aliphatic carbocycles. The molecule has 8 heteroatoms. The molecule has 1 aliphatic heterocycles. The first-order chi connectivity index (χ1) is 18.2. The van der Waals surface area contributed by atoms with Gasteiger partial charge in [0.1, 0.15) is 12.6 Å². The molecule has 2 aromatic rings. The predicted molar refractivity (Wildman–Crippen MR) is 150 cm³/mol. The summed E-state index contributed by atoms with van der Waals surface area (Å²) in [6.45, 7) is 10.5. The molecule has 0 saturated carbocycles. The van der Waals surface area contributed by atoms with E-state index in [1.807, 2.05) is 70.2 Å². The number of alkyl carbamates (subject to hydrolysis) is 1. The van der Waals surface area contributed by atoms with Gasteiger partial charge in [-0.25, -0.2) is 4.79 Å². The Bertz CT molecular complexity index is 1060. The van der Waals surface area contributed by atoms with Gasteiger partial charge in [0.2, 0.25) is 5.91 Å². The van der Waals surface area contributed by atoms with Crippen LogP contribution in [0, 0.1) is 11.8 Å². The van der Waals surface area contributed by atoms with Crippen LogP contribution in [-0.4, -0.2) is 54.4 Å². The van der Waals surface area contributed by atoms with Crippen molar-refractivity contribution >= 4 is 23.5 Å². The summed E-state index contributed by atoms with van der Waals surface area (Å²) in [5, 5.41) is 9.09. The van der Waals surface area contributed by atoms with E-state index >= 15 is 0 Å². The van der Waals surface area contributed by atoms with Gasteiger partial charge in [0.05, 0.1) is 12.6 Å². The Kier molecular flexibility index (Phi) is 11.1. The third kappa shape index (κ3) is 9.49. The maximum atomic E-state index is 13.4. The van der Waals surface area contributed by atoms with E-state index in [9.17, 15) is 14.4 Å². The van der Waals surface area contributed by atoms with Crippen LogP contribution in [0.3, 0.4) is 0 Å². The molecule has 0 unspecified atom stereocenters. The fraction of sp³-hybridized carbons (Fsp3) is 0.500. The van der Waals surface area contributed by atoms with Crippen LogP contribution in [0.15, 0.2) is 54.6 Å². The molecule has 0 fully saturated rings. The van der Waals surface area contributed by atoms with Crippen molar-refractivity contribution in [1.29, 1.82) is 0 Å². The maximum Gasteiger partial charge on any atom is 0.408 e. The first-order valence-corrected chi connectivity index (χ1v) is 13.6. The largest absolute Gasteiger partial charge is 0.445 e. The van der Waals surface area contributed by atoms with Crippen molar-refractivity contribution in [3.05, 3.63) is 65.7 Å². The van der Waals surface area contributed by atoms with Gasteiger partial charge < -0.3 is 20.7 Å². The van der Waals surface area contributed by atoms with Crippen molar-refractivity contribution in [3.63, 3.8) is 0 Å². The van der Waals surface area contributed by atoms with E-state index in [0.29, 0.717) is 19.4 Å². The minimum atomic E-state index is -0.796. The van der Waals surface area contributed by atoms with E-state index < -0.39 is 18.2 Å². The van der Waals surface area contributed by atoms with Crippen LogP contribution in [0.4, 0.5) is 10.5 Å². The fourth-order valence-corrected chi connectivity index (χ4v) is 4.59. The third-order valence-electron chi connectivity index (χ3n) is 6.47. The SMILES string of the molecule is CC(C)C[C@H](NC(=O)[C@H](CC(C)C)NC(=O)OCc1ccccc1)C(=O)CN1CCNc2ccccc2C1. The van der Waals surface area contributed by atoms with Crippen molar-refractivity contribution in [1.82, 2.24) is 15.5 Å². The van der Waals surface area contributed by atoms with Crippen LogP contribution in [0.5, 0.6) is 0 Å². The normalized spacial score (nSPS) is 15.1. The zero-order valence-electron chi connectivity index (χ0n) is 23.0. The first-order valence-electron chi connectivity index (χ1n) is 13.6. The molecular formula is C30H42N4O4. The van der Waals surface area contributed by atoms with Crippen molar-refractivity contribution < 1.29 is 19.1 Å². The molecular weight excluding hydrogens is 480 g/mol. The number of nitrogens with zero attached hydrogens (tertiary/aromatic N) is 1. The van der Waals surface area contributed by atoms with E-state index in [1.54, 1.807) is 0 Å². The van der Waals surface area contributed by atoms with E-state index in [4.69, 9.17) is 4.74 Å². The molecule has 2 atom stereocenters. The number of ether oxygens (including phenoxy) is 1. The Morgan fingerprint density at radius 3 is 2.26 bits per heavy atom. The molecule has 1 heterocycles. The number of amides is 2. The second-order valence-corrected chi connectivity index (χ2v) is 10.8. The minimum Gasteiger partial charge on any atom is -0.445 e. The number of hydrogen-bond donors (Lipinski definition) is 3. The first kappa shape index (κ1) is 29.2. The summed E-state index contributed by atoms with van der Waals surface area (Å²) in [4.78, 5) is 41.4. The van der Waals surface area contributed by atoms with E-state index in [0.717, 1.165) is 29.9 Å². The summed E-state index contributed by atoms with van der Waals surface area (Å²) >= 11 is 0. The molecule has 1 aliphatic rings.